The van der Waals surface area contributed by atoms with E-state index >= 15 is 0 Å². The first-order valence-electron chi connectivity index (χ1n) is 7.75. The minimum absolute atomic E-state index is 0.00107. The normalized spacial score (nSPS) is 19.0. The van der Waals surface area contributed by atoms with E-state index in [1.54, 1.807) is 4.90 Å². The molecule has 1 aromatic rings. The molecule has 2 atom stereocenters. The summed E-state index contributed by atoms with van der Waals surface area (Å²) < 4.78 is 0. The Morgan fingerprint density at radius 1 is 1.36 bits per heavy atom. The number of rotatable bonds is 5. The van der Waals surface area contributed by atoms with Gasteiger partial charge in [-0.15, -0.1) is 0 Å². The molecule has 1 heterocycles. The second-order valence-corrected chi connectivity index (χ2v) is 5.93. The van der Waals surface area contributed by atoms with Gasteiger partial charge < -0.3 is 15.3 Å². The Bertz CT molecular complexity index is 527. The number of benzene rings is 1. The van der Waals surface area contributed by atoms with Crippen LogP contribution < -0.4 is 5.32 Å². The Balaban J connectivity index is 2.10. The Labute approximate surface area is 131 Å². The fourth-order valence-electron chi connectivity index (χ4n) is 2.94. The molecular weight excluding hydrogens is 280 g/mol. The summed E-state index contributed by atoms with van der Waals surface area (Å²) in [6.07, 6.45) is 1.99. The highest BCUT2D eigenvalue weighted by molar-refractivity contribution is 5.79. The SMILES string of the molecule is CC(=O)NC(CC(=O)N1CCC[C@@H]1CO)c1ccc(C)cc1. The zero-order chi connectivity index (χ0) is 16.1. The molecule has 22 heavy (non-hydrogen) atoms. The maximum atomic E-state index is 12.5. The summed E-state index contributed by atoms with van der Waals surface area (Å²) in [5.74, 6) is -0.172. The van der Waals surface area contributed by atoms with Crippen LogP contribution in [0, 0.1) is 6.92 Å². The minimum Gasteiger partial charge on any atom is -0.394 e. The Morgan fingerprint density at radius 2 is 2.05 bits per heavy atom. The van der Waals surface area contributed by atoms with Gasteiger partial charge in [-0.25, -0.2) is 0 Å². The van der Waals surface area contributed by atoms with Gasteiger partial charge in [0.05, 0.1) is 25.1 Å². The van der Waals surface area contributed by atoms with Crippen LogP contribution in [-0.2, 0) is 9.59 Å². The lowest BCUT2D eigenvalue weighted by Crippen LogP contribution is -2.40. The molecule has 120 valence electrons. The van der Waals surface area contributed by atoms with E-state index in [9.17, 15) is 14.7 Å². The Kier molecular flexibility index (Phi) is 5.55. The van der Waals surface area contributed by atoms with Crippen LogP contribution in [0.1, 0.15) is 43.4 Å². The molecule has 2 amide bonds. The van der Waals surface area contributed by atoms with Gasteiger partial charge in [-0.05, 0) is 25.3 Å². The van der Waals surface area contributed by atoms with Crippen molar-refractivity contribution in [1.29, 1.82) is 0 Å². The van der Waals surface area contributed by atoms with E-state index in [2.05, 4.69) is 5.32 Å². The molecule has 0 radical (unpaired) electrons. The van der Waals surface area contributed by atoms with Gasteiger partial charge in [0.2, 0.25) is 11.8 Å². The van der Waals surface area contributed by atoms with E-state index in [1.165, 1.54) is 6.92 Å². The van der Waals surface area contributed by atoms with E-state index in [-0.39, 0.29) is 36.9 Å². The van der Waals surface area contributed by atoms with Crippen LogP contribution in [0.25, 0.3) is 0 Å². The number of aliphatic hydroxyl groups excluding tert-OH is 1. The number of hydrogen-bond acceptors (Lipinski definition) is 3. The molecule has 1 saturated heterocycles. The zero-order valence-electron chi connectivity index (χ0n) is 13.2. The summed E-state index contributed by atoms with van der Waals surface area (Å²) in [4.78, 5) is 25.7. The van der Waals surface area contributed by atoms with Crippen LogP contribution in [0.2, 0.25) is 0 Å². The molecule has 2 N–H and O–H groups in total. The van der Waals surface area contributed by atoms with Gasteiger partial charge in [0.25, 0.3) is 0 Å². The van der Waals surface area contributed by atoms with Crippen LogP contribution in [0.5, 0.6) is 0 Å². The molecule has 1 fully saturated rings. The molecular formula is C17H24N2O3. The third-order valence-corrected chi connectivity index (χ3v) is 4.14. The molecule has 0 bridgehead atoms. The van der Waals surface area contributed by atoms with Gasteiger partial charge in [0.1, 0.15) is 0 Å². The van der Waals surface area contributed by atoms with Crippen LogP contribution in [-0.4, -0.2) is 41.0 Å². The first kappa shape index (κ1) is 16.5. The number of likely N-dealkylation sites (tertiary alicyclic amines) is 1. The van der Waals surface area contributed by atoms with Crippen LogP contribution in [0.15, 0.2) is 24.3 Å². The van der Waals surface area contributed by atoms with Crippen molar-refractivity contribution in [2.75, 3.05) is 13.2 Å². The van der Waals surface area contributed by atoms with Crippen molar-refractivity contribution >= 4 is 11.8 Å². The van der Waals surface area contributed by atoms with Crippen molar-refractivity contribution in [3.05, 3.63) is 35.4 Å². The van der Waals surface area contributed by atoms with Crippen molar-refractivity contribution < 1.29 is 14.7 Å². The van der Waals surface area contributed by atoms with E-state index in [0.29, 0.717) is 6.54 Å². The molecule has 1 unspecified atom stereocenters. The molecule has 1 aromatic carbocycles. The van der Waals surface area contributed by atoms with Crippen LogP contribution >= 0.6 is 0 Å². The second-order valence-electron chi connectivity index (χ2n) is 5.93. The molecule has 1 aliphatic rings. The number of aryl methyl sites for hydroxylation is 1. The van der Waals surface area contributed by atoms with Crippen LogP contribution in [0.4, 0.5) is 0 Å². The minimum atomic E-state index is -0.328. The number of nitrogens with one attached hydrogen (secondary N) is 1. The van der Waals surface area contributed by atoms with Crippen molar-refractivity contribution in [3.63, 3.8) is 0 Å². The standard InChI is InChI=1S/C17H24N2O3/c1-12-5-7-14(8-6-12)16(18-13(2)21)10-17(22)19-9-3-4-15(19)11-20/h5-8,15-16,20H,3-4,9-11H2,1-2H3,(H,18,21)/t15-,16?/m1/s1. The first-order valence-corrected chi connectivity index (χ1v) is 7.75. The van der Waals surface area contributed by atoms with E-state index in [0.717, 1.165) is 24.0 Å². The number of nitrogens with zero attached hydrogens (tertiary/aromatic N) is 1. The smallest absolute Gasteiger partial charge is 0.225 e. The molecule has 0 aliphatic carbocycles. The molecule has 5 nitrogen and oxygen atoms in total. The highest BCUT2D eigenvalue weighted by atomic mass is 16.3. The average Bonchev–Trinajstić information content (AvgIpc) is 2.95. The van der Waals surface area contributed by atoms with Gasteiger partial charge in [-0.1, -0.05) is 29.8 Å². The number of aliphatic hydroxyl groups is 1. The van der Waals surface area contributed by atoms with Crippen molar-refractivity contribution in [3.8, 4) is 0 Å². The van der Waals surface area contributed by atoms with Gasteiger partial charge in [-0.3, -0.25) is 9.59 Å². The molecule has 2 rings (SSSR count). The van der Waals surface area contributed by atoms with E-state index in [4.69, 9.17) is 0 Å². The lowest BCUT2D eigenvalue weighted by molar-refractivity contribution is -0.133. The van der Waals surface area contributed by atoms with Crippen molar-refractivity contribution in [2.24, 2.45) is 0 Å². The van der Waals surface area contributed by atoms with Crippen LogP contribution in [0.3, 0.4) is 0 Å². The quantitative estimate of drug-likeness (QED) is 0.867. The van der Waals surface area contributed by atoms with Gasteiger partial charge >= 0.3 is 0 Å². The largest absolute Gasteiger partial charge is 0.394 e. The zero-order valence-corrected chi connectivity index (χ0v) is 13.2. The topological polar surface area (TPSA) is 69.6 Å². The van der Waals surface area contributed by atoms with E-state index in [1.807, 2.05) is 31.2 Å². The summed E-state index contributed by atoms with van der Waals surface area (Å²) >= 11 is 0. The summed E-state index contributed by atoms with van der Waals surface area (Å²) in [5.41, 5.74) is 2.06. The van der Waals surface area contributed by atoms with Gasteiger partial charge in [0, 0.05) is 13.5 Å². The monoisotopic (exact) mass is 304 g/mol. The number of hydrogen-bond donors (Lipinski definition) is 2. The Hall–Kier alpha value is -1.88. The van der Waals surface area contributed by atoms with Crippen molar-refractivity contribution in [2.45, 2.75) is 45.2 Å². The first-order chi connectivity index (χ1) is 10.5. The third-order valence-electron chi connectivity index (χ3n) is 4.14. The highest BCUT2D eigenvalue weighted by Crippen LogP contribution is 2.23. The molecule has 0 spiro atoms. The maximum Gasteiger partial charge on any atom is 0.225 e. The van der Waals surface area contributed by atoms with Gasteiger partial charge in [-0.2, -0.15) is 0 Å². The second kappa shape index (κ2) is 7.40. The van der Waals surface area contributed by atoms with Crippen molar-refractivity contribution in [1.82, 2.24) is 10.2 Å². The third kappa shape index (κ3) is 4.07. The fraction of sp³-hybridized carbons (Fsp3) is 0.529. The summed E-state index contributed by atoms with van der Waals surface area (Å²) in [6, 6.07) is 7.42. The molecule has 0 saturated carbocycles. The predicted octanol–water partition coefficient (Wildman–Crippen LogP) is 1.55. The summed E-state index contributed by atoms with van der Waals surface area (Å²) in [5, 5.41) is 12.2. The van der Waals surface area contributed by atoms with E-state index < -0.39 is 0 Å². The summed E-state index contributed by atoms with van der Waals surface area (Å²) in [7, 11) is 0. The average molecular weight is 304 g/mol. The summed E-state index contributed by atoms with van der Waals surface area (Å²) in [6.45, 7) is 4.14. The number of carbonyl (C=O) groups is 2. The number of carbonyl (C=O) groups excluding carboxylic acids is 2. The molecule has 0 aromatic heterocycles. The predicted molar refractivity (Wildman–Crippen MR) is 84.2 cm³/mol. The maximum absolute atomic E-state index is 12.5. The lowest BCUT2D eigenvalue weighted by atomic mass is 10.0. The lowest BCUT2D eigenvalue weighted by Gasteiger charge is -2.26. The highest BCUT2D eigenvalue weighted by Gasteiger charge is 2.29. The Morgan fingerprint density at radius 3 is 2.64 bits per heavy atom. The number of amides is 2. The fourth-order valence-corrected chi connectivity index (χ4v) is 2.94. The van der Waals surface area contributed by atoms with Gasteiger partial charge in [0.15, 0.2) is 0 Å². The molecule has 1 aliphatic heterocycles. The molecule has 5 heteroatoms.